The first-order chi connectivity index (χ1) is 28.2. The maximum Gasteiger partial charge on any atom is 0.293 e. The molecule has 20 heteroatoms. The molecular formula is C39H42Cl2N12O6. The van der Waals surface area contributed by atoms with Gasteiger partial charge in [-0.2, -0.15) is 9.97 Å². The van der Waals surface area contributed by atoms with Crippen molar-refractivity contribution in [3.8, 4) is 11.5 Å². The van der Waals surface area contributed by atoms with Gasteiger partial charge < -0.3 is 50.1 Å². The van der Waals surface area contributed by atoms with Crippen molar-refractivity contribution in [3.05, 3.63) is 91.2 Å². The minimum absolute atomic E-state index is 0.0296. The normalized spacial score (nSPS) is 11.1. The van der Waals surface area contributed by atoms with Crippen molar-refractivity contribution < 1.29 is 19.1 Å². The lowest BCUT2D eigenvalue weighted by Crippen LogP contribution is -2.29. The predicted molar refractivity (Wildman–Crippen MR) is 229 cm³/mol. The summed E-state index contributed by atoms with van der Waals surface area (Å²) in [7, 11) is 8.20. The van der Waals surface area contributed by atoms with Gasteiger partial charge in [-0.3, -0.25) is 19.2 Å². The van der Waals surface area contributed by atoms with Crippen molar-refractivity contribution in [2.45, 2.75) is 26.4 Å². The number of hydrogen-bond donors (Lipinski definition) is 5. The third-order valence-corrected chi connectivity index (χ3v) is 9.65. The van der Waals surface area contributed by atoms with Crippen LogP contribution < -0.4 is 52.1 Å². The summed E-state index contributed by atoms with van der Waals surface area (Å²) >= 11 is 13.4. The molecule has 2 amide bonds. The summed E-state index contributed by atoms with van der Waals surface area (Å²) in [6.45, 7) is 3.27. The van der Waals surface area contributed by atoms with E-state index < -0.39 is 0 Å². The Morgan fingerprint density at radius 2 is 1.37 bits per heavy atom. The number of likely N-dealkylation sites (N-methyl/N-ethyl adjacent to an activating group) is 2. The smallest absolute Gasteiger partial charge is 0.293 e. The monoisotopic (exact) mass is 844 g/mol. The first-order valence-corrected chi connectivity index (χ1v) is 19.0. The van der Waals surface area contributed by atoms with Crippen molar-refractivity contribution in [2.75, 3.05) is 62.3 Å². The molecule has 0 saturated heterocycles. The Balaban J connectivity index is 1.24. The Morgan fingerprint density at radius 3 is 1.97 bits per heavy atom. The molecule has 0 unspecified atom stereocenters. The molecule has 0 aliphatic carbocycles. The Labute approximate surface area is 347 Å². The Hall–Kier alpha value is -6.66. The second kappa shape index (κ2) is 17.9. The van der Waals surface area contributed by atoms with E-state index in [9.17, 15) is 19.2 Å². The molecule has 308 valence electrons. The molecule has 0 aliphatic rings. The van der Waals surface area contributed by atoms with Crippen LogP contribution in [0.25, 0.3) is 21.8 Å². The predicted octanol–water partition coefficient (Wildman–Crippen LogP) is 4.74. The Bertz CT molecular complexity index is 2700. The third-order valence-electron chi connectivity index (χ3n) is 8.98. The molecule has 0 bridgehead atoms. The van der Waals surface area contributed by atoms with Gasteiger partial charge in [0.1, 0.15) is 10.0 Å². The van der Waals surface area contributed by atoms with Gasteiger partial charge >= 0.3 is 0 Å². The molecule has 18 nitrogen and oxygen atoms in total. The van der Waals surface area contributed by atoms with E-state index in [1.807, 2.05) is 32.0 Å². The number of nitrogens with zero attached hydrogens (tertiary/aromatic N) is 7. The van der Waals surface area contributed by atoms with Crippen molar-refractivity contribution in [1.82, 2.24) is 39.7 Å². The molecule has 5 N–H and O–H groups in total. The number of carbonyl (C=O) groups is 2. The van der Waals surface area contributed by atoms with E-state index in [1.165, 1.54) is 24.9 Å². The van der Waals surface area contributed by atoms with Gasteiger partial charge in [0.2, 0.25) is 11.9 Å². The van der Waals surface area contributed by atoms with E-state index >= 15 is 0 Å². The lowest BCUT2D eigenvalue weighted by molar-refractivity contribution is -0.123. The summed E-state index contributed by atoms with van der Waals surface area (Å²) in [6.07, 6.45) is 1.45. The average molecular weight is 846 g/mol. The maximum atomic E-state index is 13.2. The standard InChI is InChI=1S/C39H42Cl2N12O6/c1-20(2)53-28-11-9-23(13-22(28)15-30(37(53)57)59-19-32(55)43-4)46-34-25(40)16-44-38(49-34)45-17-26-33(41)35(50-39(48-26)51(5)6)47-24-8-10-27-21(12-24)14-29(36(56)52(27)7)58-18-31(54)42-3/h8-16,20H,17-19H2,1-7H3,(H,42,54)(H,43,55)(H,47,48,50)(H2,44,45,46,49). The number of ether oxygens (including phenoxy) is 2. The van der Waals surface area contributed by atoms with Gasteiger partial charge in [-0.1, -0.05) is 23.2 Å². The van der Waals surface area contributed by atoms with Crippen molar-refractivity contribution in [2.24, 2.45) is 7.05 Å². The number of benzene rings is 2. The summed E-state index contributed by atoms with van der Waals surface area (Å²) in [5, 5.41) is 16.4. The van der Waals surface area contributed by atoms with Crippen LogP contribution in [0.5, 0.6) is 11.5 Å². The number of halogens is 2. The molecule has 0 spiro atoms. The Morgan fingerprint density at radius 1 is 0.797 bits per heavy atom. The minimum atomic E-state index is -0.380. The topological polar surface area (TPSA) is 212 Å². The van der Waals surface area contributed by atoms with Gasteiger partial charge in [-0.15, -0.1) is 0 Å². The van der Waals surface area contributed by atoms with Crippen LogP contribution in [0.4, 0.5) is 34.9 Å². The number of pyridine rings is 2. The molecule has 0 radical (unpaired) electrons. The van der Waals surface area contributed by atoms with Gasteiger partial charge in [0.15, 0.2) is 36.3 Å². The van der Waals surface area contributed by atoms with Crippen LogP contribution in [0, 0.1) is 0 Å². The highest BCUT2D eigenvalue weighted by molar-refractivity contribution is 6.34. The third kappa shape index (κ3) is 9.39. The number of nitrogens with one attached hydrogen (secondary N) is 5. The van der Waals surface area contributed by atoms with Crippen LogP contribution in [0.1, 0.15) is 25.6 Å². The summed E-state index contributed by atoms with van der Waals surface area (Å²) in [6, 6.07) is 13.8. The fourth-order valence-corrected chi connectivity index (χ4v) is 6.27. The lowest BCUT2D eigenvalue weighted by Gasteiger charge is -2.18. The highest BCUT2D eigenvalue weighted by atomic mass is 35.5. The number of rotatable bonds is 15. The van der Waals surface area contributed by atoms with Gasteiger partial charge in [0.05, 0.1) is 29.5 Å². The summed E-state index contributed by atoms with van der Waals surface area (Å²) in [5.74, 6) is 0.568. The van der Waals surface area contributed by atoms with Crippen LogP contribution in [-0.4, -0.2) is 82.3 Å². The second-order valence-electron chi connectivity index (χ2n) is 13.6. The van der Waals surface area contributed by atoms with E-state index in [0.29, 0.717) is 56.5 Å². The second-order valence-corrected chi connectivity index (χ2v) is 14.4. The quantitative estimate of drug-likeness (QED) is 0.0946. The van der Waals surface area contributed by atoms with Gasteiger partial charge in [-0.05, 0) is 62.4 Å². The van der Waals surface area contributed by atoms with Gasteiger partial charge in [-0.25, -0.2) is 9.97 Å². The zero-order chi connectivity index (χ0) is 42.5. The lowest BCUT2D eigenvalue weighted by atomic mass is 10.1. The van der Waals surface area contributed by atoms with Crippen LogP contribution >= 0.6 is 23.2 Å². The van der Waals surface area contributed by atoms with Crippen molar-refractivity contribution in [3.63, 3.8) is 0 Å². The molecule has 0 saturated carbocycles. The number of carbonyl (C=O) groups excluding carboxylic acids is 2. The molecule has 0 fully saturated rings. The van der Waals surface area contributed by atoms with Crippen molar-refractivity contribution in [1.29, 1.82) is 0 Å². The molecule has 4 aromatic heterocycles. The molecule has 0 atom stereocenters. The van der Waals surface area contributed by atoms with E-state index in [4.69, 9.17) is 32.7 Å². The first-order valence-electron chi connectivity index (χ1n) is 18.2. The number of hydrogen-bond acceptors (Lipinski definition) is 14. The first kappa shape index (κ1) is 42.0. The average Bonchev–Trinajstić information content (AvgIpc) is 3.21. The largest absolute Gasteiger partial charge is 0.478 e. The molecule has 4 heterocycles. The van der Waals surface area contributed by atoms with E-state index in [-0.39, 0.29) is 76.2 Å². The highest BCUT2D eigenvalue weighted by Crippen LogP contribution is 2.32. The van der Waals surface area contributed by atoms with E-state index in [0.717, 1.165) is 0 Å². The van der Waals surface area contributed by atoms with Crippen LogP contribution in [0.15, 0.2) is 64.3 Å². The number of fused-ring (bicyclic) bond motifs is 2. The van der Waals surface area contributed by atoms with Crippen molar-refractivity contribution >= 4 is 91.7 Å². The summed E-state index contributed by atoms with van der Waals surface area (Å²) in [4.78, 5) is 69.6. The number of aryl methyl sites for hydroxylation is 1. The zero-order valence-electron chi connectivity index (χ0n) is 33.2. The SMILES string of the molecule is CNC(=O)COc1cc2cc(Nc3nc(N(C)C)nc(CNc4ncc(Cl)c(Nc5ccc6c(c5)cc(OCC(=O)NC)c(=O)n6C(C)C)n4)c3Cl)ccc2n(C)c1=O. The van der Waals surface area contributed by atoms with Crippen LogP contribution in [0.2, 0.25) is 10.0 Å². The Kier molecular flexibility index (Phi) is 12.7. The van der Waals surface area contributed by atoms with Crippen LogP contribution in [-0.2, 0) is 23.2 Å². The minimum Gasteiger partial charge on any atom is -0.478 e. The van der Waals surface area contributed by atoms with E-state index in [2.05, 4.69) is 46.5 Å². The van der Waals surface area contributed by atoms with E-state index in [1.54, 1.807) is 60.9 Å². The number of aromatic nitrogens is 6. The van der Waals surface area contributed by atoms with Gasteiger partial charge in [0.25, 0.3) is 22.9 Å². The molecule has 59 heavy (non-hydrogen) atoms. The molecule has 6 rings (SSSR count). The molecule has 0 aliphatic heterocycles. The highest BCUT2D eigenvalue weighted by Gasteiger charge is 2.18. The number of amides is 2. The fourth-order valence-electron chi connectivity index (χ4n) is 5.94. The summed E-state index contributed by atoms with van der Waals surface area (Å²) in [5.41, 5.74) is 2.27. The molecular weight excluding hydrogens is 803 g/mol. The molecule has 6 aromatic rings. The number of anilines is 6. The molecule has 2 aromatic carbocycles. The van der Waals surface area contributed by atoms with Crippen LogP contribution in [0.3, 0.4) is 0 Å². The maximum absolute atomic E-state index is 13.2. The zero-order valence-corrected chi connectivity index (χ0v) is 34.7. The van der Waals surface area contributed by atoms with Gasteiger partial charge in [0, 0.05) is 63.4 Å². The summed E-state index contributed by atoms with van der Waals surface area (Å²) < 4.78 is 14.1. The fraction of sp³-hybridized carbons (Fsp3) is 0.282.